The average molecular weight is 523 g/mol. The summed E-state index contributed by atoms with van der Waals surface area (Å²) in [6, 6.07) is 18.5. The number of carbonyl (C=O) groups excluding carboxylic acids is 2. The Labute approximate surface area is 213 Å². The molecule has 0 unspecified atom stereocenters. The largest absolute Gasteiger partial charge is 0.324 e. The molecule has 0 bridgehead atoms. The van der Waals surface area contributed by atoms with Crippen molar-refractivity contribution in [2.45, 2.75) is 17.7 Å². The number of hydrogen-bond donors (Lipinski definition) is 2. The summed E-state index contributed by atoms with van der Waals surface area (Å²) >= 11 is 1.26. The molecule has 10 heteroatoms. The number of amides is 2. The fourth-order valence-electron chi connectivity index (χ4n) is 4.48. The molecule has 2 amide bonds. The van der Waals surface area contributed by atoms with Crippen LogP contribution >= 0.6 is 11.3 Å². The van der Waals surface area contributed by atoms with Gasteiger partial charge in [0.05, 0.1) is 21.7 Å². The van der Waals surface area contributed by atoms with Crippen molar-refractivity contribution in [2.75, 3.05) is 36.5 Å². The summed E-state index contributed by atoms with van der Waals surface area (Å²) in [5.41, 5.74) is 1.45. The van der Waals surface area contributed by atoms with Crippen molar-refractivity contribution >= 4 is 64.8 Å². The maximum Gasteiger partial charge on any atom is 0.238 e. The van der Waals surface area contributed by atoms with Crippen LogP contribution in [0.4, 0.5) is 10.8 Å². The van der Waals surface area contributed by atoms with Crippen LogP contribution in [0.2, 0.25) is 0 Å². The molecule has 0 saturated carbocycles. The Kier molecular flexibility index (Phi) is 6.74. The predicted molar refractivity (Wildman–Crippen MR) is 143 cm³/mol. The van der Waals surface area contributed by atoms with Crippen molar-refractivity contribution in [2.24, 2.45) is 5.92 Å². The topological polar surface area (TPSA) is 108 Å². The lowest BCUT2D eigenvalue weighted by Crippen LogP contribution is -2.41. The van der Waals surface area contributed by atoms with Gasteiger partial charge in [-0.2, -0.15) is 0 Å². The zero-order chi connectivity index (χ0) is 25.3. The number of sulfone groups is 1. The number of anilines is 2. The lowest BCUT2D eigenvalue weighted by atomic mass is 9.96. The van der Waals surface area contributed by atoms with Crippen LogP contribution < -0.4 is 10.6 Å². The maximum atomic E-state index is 12.8. The van der Waals surface area contributed by atoms with Gasteiger partial charge < -0.3 is 10.6 Å². The molecule has 1 aliphatic heterocycles. The van der Waals surface area contributed by atoms with Crippen molar-refractivity contribution in [3.63, 3.8) is 0 Å². The standard InChI is InChI=1S/C26H26N4O4S2/c1-36(33,34)19-9-10-22-23(15-19)35-26(28-22)29-25(32)18-11-13-30(14-12-18)16-24(31)27-21-8-4-6-17-5-2-3-7-20(17)21/h2-10,15,18H,11-14,16H2,1H3,(H,27,31)(H,28,29,32). The minimum Gasteiger partial charge on any atom is -0.324 e. The number of hydrogen-bond acceptors (Lipinski definition) is 7. The SMILES string of the molecule is CS(=O)(=O)c1ccc2nc(NC(=O)C3CCN(CC(=O)Nc4cccc5ccccc45)CC3)sc2c1. The first kappa shape index (κ1) is 24.4. The van der Waals surface area contributed by atoms with Crippen molar-refractivity contribution in [3.8, 4) is 0 Å². The summed E-state index contributed by atoms with van der Waals surface area (Å²) < 4.78 is 24.3. The van der Waals surface area contributed by atoms with Gasteiger partial charge in [0.2, 0.25) is 11.8 Å². The highest BCUT2D eigenvalue weighted by atomic mass is 32.2. The van der Waals surface area contributed by atoms with Gasteiger partial charge in [-0.15, -0.1) is 0 Å². The van der Waals surface area contributed by atoms with Crippen molar-refractivity contribution < 1.29 is 18.0 Å². The van der Waals surface area contributed by atoms with Crippen LogP contribution in [-0.4, -0.2) is 56.0 Å². The van der Waals surface area contributed by atoms with Crippen molar-refractivity contribution in [1.29, 1.82) is 0 Å². The summed E-state index contributed by atoms with van der Waals surface area (Å²) in [7, 11) is -3.31. The van der Waals surface area contributed by atoms with E-state index < -0.39 is 9.84 Å². The molecule has 2 N–H and O–H groups in total. The molecule has 0 spiro atoms. The van der Waals surface area contributed by atoms with E-state index in [1.54, 1.807) is 12.1 Å². The quantitative estimate of drug-likeness (QED) is 0.394. The number of thiazole rings is 1. The van der Waals surface area contributed by atoms with E-state index in [0.717, 1.165) is 22.7 Å². The van der Waals surface area contributed by atoms with Crippen molar-refractivity contribution in [1.82, 2.24) is 9.88 Å². The molecule has 186 valence electrons. The number of rotatable bonds is 6. The van der Waals surface area contributed by atoms with Crippen LogP contribution in [0.25, 0.3) is 21.0 Å². The van der Waals surface area contributed by atoms with Crippen LogP contribution in [0.15, 0.2) is 65.6 Å². The van der Waals surface area contributed by atoms with E-state index in [9.17, 15) is 18.0 Å². The fraction of sp³-hybridized carbons (Fsp3) is 0.269. The molecule has 4 aromatic rings. The van der Waals surface area contributed by atoms with Gasteiger partial charge in [0.15, 0.2) is 15.0 Å². The monoisotopic (exact) mass is 522 g/mol. The van der Waals surface area contributed by atoms with Gasteiger partial charge in [0.1, 0.15) is 0 Å². The highest BCUT2D eigenvalue weighted by molar-refractivity contribution is 7.90. The molecule has 0 atom stereocenters. The molecule has 1 aromatic heterocycles. The second-order valence-corrected chi connectivity index (χ2v) is 12.1. The van der Waals surface area contributed by atoms with Gasteiger partial charge in [-0.05, 0) is 55.6 Å². The third kappa shape index (κ3) is 5.40. The highest BCUT2D eigenvalue weighted by Crippen LogP contribution is 2.29. The summed E-state index contributed by atoms with van der Waals surface area (Å²) in [5, 5.41) is 8.44. The van der Waals surface area contributed by atoms with Gasteiger partial charge in [-0.3, -0.25) is 14.5 Å². The smallest absolute Gasteiger partial charge is 0.238 e. The number of fused-ring (bicyclic) bond motifs is 2. The van der Waals surface area contributed by atoms with Gasteiger partial charge in [0.25, 0.3) is 0 Å². The lowest BCUT2D eigenvalue weighted by molar-refractivity contribution is -0.121. The first-order valence-corrected chi connectivity index (χ1v) is 14.4. The molecule has 1 fully saturated rings. The maximum absolute atomic E-state index is 12.8. The molecule has 1 aliphatic rings. The van der Waals surface area contributed by atoms with E-state index in [2.05, 4.69) is 20.5 Å². The van der Waals surface area contributed by atoms with E-state index in [1.165, 1.54) is 17.4 Å². The van der Waals surface area contributed by atoms with E-state index in [4.69, 9.17) is 0 Å². The number of likely N-dealkylation sites (tertiary alicyclic amines) is 1. The number of benzene rings is 3. The lowest BCUT2D eigenvalue weighted by Gasteiger charge is -2.30. The number of nitrogens with zero attached hydrogens (tertiary/aromatic N) is 2. The first-order valence-electron chi connectivity index (χ1n) is 11.7. The predicted octanol–water partition coefficient (Wildman–Crippen LogP) is 4.14. The molecule has 8 nitrogen and oxygen atoms in total. The average Bonchev–Trinajstić information content (AvgIpc) is 3.25. The number of nitrogens with one attached hydrogen (secondary N) is 2. The van der Waals surface area contributed by atoms with Gasteiger partial charge >= 0.3 is 0 Å². The fourth-order valence-corrected chi connectivity index (χ4v) is 6.11. The Morgan fingerprint density at radius 2 is 1.78 bits per heavy atom. The zero-order valence-electron chi connectivity index (χ0n) is 19.7. The normalized spacial score (nSPS) is 15.2. The van der Waals surface area contributed by atoms with Crippen LogP contribution in [0.5, 0.6) is 0 Å². The van der Waals surface area contributed by atoms with Gasteiger partial charge in [-0.1, -0.05) is 47.7 Å². The van der Waals surface area contributed by atoms with E-state index in [-0.39, 0.29) is 29.2 Å². The number of piperidine rings is 1. The second kappa shape index (κ2) is 9.96. The Balaban J connectivity index is 1.14. The molecule has 1 saturated heterocycles. The van der Waals surface area contributed by atoms with E-state index in [1.807, 2.05) is 42.5 Å². The third-order valence-corrected chi connectivity index (χ3v) is 8.45. The number of carbonyl (C=O) groups is 2. The molecular weight excluding hydrogens is 496 g/mol. The molecule has 36 heavy (non-hydrogen) atoms. The molecule has 3 aromatic carbocycles. The molecule has 2 heterocycles. The minimum absolute atomic E-state index is 0.0720. The molecular formula is C26H26N4O4S2. The summed E-state index contributed by atoms with van der Waals surface area (Å²) in [4.78, 5) is 32.2. The Morgan fingerprint density at radius 3 is 2.56 bits per heavy atom. The van der Waals surface area contributed by atoms with Gasteiger partial charge in [0, 0.05) is 23.2 Å². The molecule has 0 radical (unpaired) electrons. The summed E-state index contributed by atoms with van der Waals surface area (Å²) in [6.07, 6.45) is 2.46. The zero-order valence-corrected chi connectivity index (χ0v) is 21.4. The molecule has 5 rings (SSSR count). The highest BCUT2D eigenvalue weighted by Gasteiger charge is 2.26. The Morgan fingerprint density at radius 1 is 1.03 bits per heavy atom. The van der Waals surface area contributed by atoms with Gasteiger partial charge in [-0.25, -0.2) is 13.4 Å². The van der Waals surface area contributed by atoms with Crippen LogP contribution in [0.1, 0.15) is 12.8 Å². The van der Waals surface area contributed by atoms with E-state index in [0.29, 0.717) is 41.3 Å². The van der Waals surface area contributed by atoms with E-state index >= 15 is 0 Å². The second-order valence-electron chi connectivity index (χ2n) is 9.04. The number of aromatic nitrogens is 1. The minimum atomic E-state index is -3.31. The van der Waals surface area contributed by atoms with Crippen LogP contribution in [-0.2, 0) is 19.4 Å². The van der Waals surface area contributed by atoms with Crippen LogP contribution in [0.3, 0.4) is 0 Å². The first-order chi connectivity index (χ1) is 17.3. The Bertz CT molecular complexity index is 1550. The van der Waals surface area contributed by atoms with Crippen LogP contribution in [0, 0.1) is 5.92 Å². The summed E-state index contributed by atoms with van der Waals surface area (Å²) in [5.74, 6) is -0.338. The van der Waals surface area contributed by atoms with Crippen molar-refractivity contribution in [3.05, 3.63) is 60.7 Å². The molecule has 0 aliphatic carbocycles. The Hall–Kier alpha value is -3.34. The third-order valence-electron chi connectivity index (χ3n) is 6.41. The summed E-state index contributed by atoms with van der Waals surface area (Å²) in [6.45, 7) is 1.58.